The zero-order chi connectivity index (χ0) is 16.5. The highest BCUT2D eigenvalue weighted by atomic mass is 15.3. The Hall–Kier alpha value is -2.56. The van der Waals surface area contributed by atoms with E-state index in [4.69, 9.17) is 9.97 Å². The van der Waals surface area contributed by atoms with E-state index in [1.165, 1.54) is 18.4 Å². The number of nitrogens with one attached hydrogen (secondary N) is 1. The maximum absolute atomic E-state index is 4.91. The second kappa shape index (κ2) is 6.15. The Bertz CT molecular complexity index is 834. The average molecular weight is 321 g/mol. The van der Waals surface area contributed by atoms with Crippen LogP contribution in [0.5, 0.6) is 0 Å². The third-order valence-corrected chi connectivity index (χ3v) is 4.60. The Morgan fingerprint density at radius 3 is 2.62 bits per heavy atom. The van der Waals surface area contributed by atoms with E-state index in [1.807, 2.05) is 6.07 Å². The fraction of sp³-hybridized carbons (Fsp3) is 0.368. The maximum atomic E-state index is 4.91. The minimum Gasteiger partial charge on any atom is -0.355 e. The molecule has 24 heavy (non-hydrogen) atoms. The van der Waals surface area contributed by atoms with E-state index in [0.717, 1.165) is 48.1 Å². The van der Waals surface area contributed by atoms with Crippen molar-refractivity contribution in [2.45, 2.75) is 26.3 Å². The van der Waals surface area contributed by atoms with Crippen LogP contribution in [0.3, 0.4) is 0 Å². The number of nitrogens with zero attached hydrogens (tertiary/aromatic N) is 4. The first kappa shape index (κ1) is 15.0. The third-order valence-electron chi connectivity index (χ3n) is 4.60. The number of anilines is 2. The molecule has 1 aliphatic heterocycles. The molecule has 1 fully saturated rings. The molecule has 1 N–H and O–H groups in total. The number of aromatic nitrogens is 3. The van der Waals surface area contributed by atoms with Gasteiger partial charge in [-0.3, -0.25) is 0 Å². The van der Waals surface area contributed by atoms with Crippen LogP contribution in [0.15, 0.2) is 36.4 Å². The summed E-state index contributed by atoms with van der Waals surface area (Å²) in [7, 11) is 2.10. The first-order valence-corrected chi connectivity index (χ1v) is 8.58. The number of fused-ring (bicyclic) bond motifs is 1. The minimum atomic E-state index is 0.830. The minimum absolute atomic E-state index is 0.830. The van der Waals surface area contributed by atoms with Crippen molar-refractivity contribution in [1.82, 2.24) is 15.0 Å². The van der Waals surface area contributed by atoms with Crippen LogP contribution in [0.4, 0.5) is 11.8 Å². The summed E-state index contributed by atoms with van der Waals surface area (Å²) in [5, 5.41) is 1.09. The number of benzene rings is 1. The van der Waals surface area contributed by atoms with Crippen molar-refractivity contribution in [3.63, 3.8) is 0 Å². The van der Waals surface area contributed by atoms with Crippen LogP contribution in [-0.4, -0.2) is 35.1 Å². The molecule has 1 saturated heterocycles. The number of H-pyrrole nitrogens is 1. The molecule has 0 unspecified atom stereocenters. The predicted molar refractivity (Wildman–Crippen MR) is 98.6 cm³/mol. The van der Waals surface area contributed by atoms with Gasteiger partial charge in [0, 0.05) is 32.4 Å². The van der Waals surface area contributed by atoms with Gasteiger partial charge in [-0.25, -0.2) is 0 Å². The summed E-state index contributed by atoms with van der Waals surface area (Å²) in [6.07, 6.45) is 2.45. The lowest BCUT2D eigenvalue weighted by Crippen LogP contribution is -2.23. The van der Waals surface area contributed by atoms with Crippen LogP contribution in [0.1, 0.15) is 24.1 Å². The highest BCUT2D eigenvalue weighted by Crippen LogP contribution is 2.28. The van der Waals surface area contributed by atoms with Crippen molar-refractivity contribution in [3.8, 4) is 0 Å². The largest absolute Gasteiger partial charge is 0.355 e. The SMILES string of the molecule is Cc1cc2c(N(C)Cc3ccccc3)nc(N3CCCC3)nc2[nH]1. The van der Waals surface area contributed by atoms with Crippen molar-refractivity contribution in [3.05, 3.63) is 47.7 Å². The van der Waals surface area contributed by atoms with Gasteiger partial charge in [-0.1, -0.05) is 30.3 Å². The molecule has 0 saturated carbocycles. The van der Waals surface area contributed by atoms with Gasteiger partial charge in [-0.15, -0.1) is 0 Å². The molecule has 0 amide bonds. The summed E-state index contributed by atoms with van der Waals surface area (Å²) in [5.74, 6) is 1.84. The maximum Gasteiger partial charge on any atom is 0.229 e. The zero-order valence-electron chi connectivity index (χ0n) is 14.3. The van der Waals surface area contributed by atoms with E-state index in [1.54, 1.807) is 0 Å². The van der Waals surface area contributed by atoms with E-state index in [9.17, 15) is 0 Å². The molecule has 1 aromatic carbocycles. The average Bonchev–Trinajstić information content (AvgIpc) is 3.23. The molecule has 0 aliphatic carbocycles. The molecule has 0 radical (unpaired) electrons. The lowest BCUT2D eigenvalue weighted by molar-refractivity contribution is 0.868. The van der Waals surface area contributed by atoms with E-state index in [-0.39, 0.29) is 0 Å². The van der Waals surface area contributed by atoms with E-state index < -0.39 is 0 Å². The first-order valence-electron chi connectivity index (χ1n) is 8.58. The molecule has 0 atom stereocenters. The fourth-order valence-corrected chi connectivity index (χ4v) is 3.40. The third kappa shape index (κ3) is 2.82. The van der Waals surface area contributed by atoms with Gasteiger partial charge in [0.1, 0.15) is 11.5 Å². The molecule has 5 nitrogen and oxygen atoms in total. The van der Waals surface area contributed by atoms with Crippen LogP contribution in [0.25, 0.3) is 11.0 Å². The van der Waals surface area contributed by atoms with Crippen molar-refractivity contribution >= 4 is 22.8 Å². The van der Waals surface area contributed by atoms with E-state index in [0.29, 0.717) is 0 Å². The number of rotatable bonds is 4. The summed E-state index contributed by atoms with van der Waals surface area (Å²) in [6, 6.07) is 12.6. The van der Waals surface area contributed by atoms with Gasteiger partial charge in [0.15, 0.2) is 0 Å². The van der Waals surface area contributed by atoms with Crippen LogP contribution in [0.2, 0.25) is 0 Å². The number of aryl methyl sites for hydroxylation is 1. The number of hydrogen-bond donors (Lipinski definition) is 1. The molecule has 5 heteroatoms. The van der Waals surface area contributed by atoms with Crippen molar-refractivity contribution in [2.24, 2.45) is 0 Å². The van der Waals surface area contributed by atoms with Crippen LogP contribution < -0.4 is 9.80 Å². The summed E-state index contributed by atoms with van der Waals surface area (Å²) >= 11 is 0. The van der Waals surface area contributed by atoms with Gasteiger partial charge in [0.2, 0.25) is 5.95 Å². The van der Waals surface area contributed by atoms with Crippen molar-refractivity contribution in [1.29, 1.82) is 0 Å². The standard InChI is InChI=1S/C19H23N5/c1-14-12-16-17(20-14)21-19(24-10-6-7-11-24)22-18(16)23(2)13-15-8-4-3-5-9-15/h3-5,8-9,12H,6-7,10-11,13H2,1-2H3,(H,20,21,22). The first-order chi connectivity index (χ1) is 11.7. The Labute approximate surface area is 142 Å². The Kier molecular flexibility index (Phi) is 3.84. The normalized spacial score (nSPS) is 14.5. The molecule has 1 aliphatic rings. The molecule has 0 bridgehead atoms. The second-order valence-corrected chi connectivity index (χ2v) is 6.60. The Morgan fingerprint density at radius 1 is 1.12 bits per heavy atom. The Morgan fingerprint density at radius 2 is 1.88 bits per heavy atom. The zero-order valence-corrected chi connectivity index (χ0v) is 14.3. The molecule has 2 aromatic heterocycles. The lowest BCUT2D eigenvalue weighted by Gasteiger charge is -2.22. The van der Waals surface area contributed by atoms with Gasteiger partial charge in [-0.2, -0.15) is 9.97 Å². The van der Waals surface area contributed by atoms with Gasteiger partial charge >= 0.3 is 0 Å². The quantitative estimate of drug-likeness (QED) is 0.799. The van der Waals surface area contributed by atoms with Gasteiger partial charge in [-0.05, 0) is 31.4 Å². The number of aromatic amines is 1. The van der Waals surface area contributed by atoms with Gasteiger partial charge < -0.3 is 14.8 Å². The molecule has 4 rings (SSSR count). The van der Waals surface area contributed by atoms with E-state index >= 15 is 0 Å². The van der Waals surface area contributed by atoms with Crippen molar-refractivity contribution < 1.29 is 0 Å². The highest BCUT2D eigenvalue weighted by molar-refractivity contribution is 5.89. The summed E-state index contributed by atoms with van der Waals surface area (Å²) in [6.45, 7) is 4.99. The predicted octanol–water partition coefficient (Wildman–Crippen LogP) is 3.50. The van der Waals surface area contributed by atoms with E-state index in [2.05, 4.69) is 59.1 Å². The number of hydrogen-bond acceptors (Lipinski definition) is 4. The summed E-state index contributed by atoms with van der Waals surface area (Å²) in [4.78, 5) is 17.6. The van der Waals surface area contributed by atoms with Crippen LogP contribution in [-0.2, 0) is 6.54 Å². The van der Waals surface area contributed by atoms with Gasteiger partial charge in [0.25, 0.3) is 0 Å². The molecule has 0 spiro atoms. The Balaban J connectivity index is 1.74. The molecular formula is C19H23N5. The smallest absolute Gasteiger partial charge is 0.229 e. The van der Waals surface area contributed by atoms with Crippen LogP contribution >= 0.6 is 0 Å². The van der Waals surface area contributed by atoms with Gasteiger partial charge in [0.05, 0.1) is 5.39 Å². The molecule has 124 valence electrons. The van der Waals surface area contributed by atoms with Crippen molar-refractivity contribution in [2.75, 3.05) is 29.9 Å². The monoisotopic (exact) mass is 321 g/mol. The summed E-state index contributed by atoms with van der Waals surface area (Å²) < 4.78 is 0. The van der Waals surface area contributed by atoms with Crippen LogP contribution in [0, 0.1) is 6.92 Å². The highest BCUT2D eigenvalue weighted by Gasteiger charge is 2.20. The fourth-order valence-electron chi connectivity index (χ4n) is 3.40. The molecule has 3 aromatic rings. The lowest BCUT2D eigenvalue weighted by atomic mass is 10.2. The second-order valence-electron chi connectivity index (χ2n) is 6.60. The topological polar surface area (TPSA) is 48.1 Å². The molecular weight excluding hydrogens is 298 g/mol. The summed E-state index contributed by atoms with van der Waals surface area (Å²) in [5.41, 5.74) is 3.33. The molecule has 3 heterocycles.